The minimum Gasteiger partial charge on any atom is -0.241 e. The second kappa shape index (κ2) is 7.77. The molecule has 0 amide bonds. The molecule has 1 aromatic rings. The van der Waals surface area contributed by atoms with Gasteiger partial charge in [0.2, 0.25) is 5.03 Å². The van der Waals surface area contributed by atoms with E-state index in [1.807, 2.05) is 6.92 Å². The number of pyridine rings is 1. The molecule has 4 nitrogen and oxygen atoms in total. The fourth-order valence-electron chi connectivity index (χ4n) is 1.78. The Balaban J connectivity index is 2.72. The predicted molar refractivity (Wildman–Crippen MR) is 73.1 cm³/mol. The summed E-state index contributed by atoms with van der Waals surface area (Å²) in [5, 5.41) is -0.559. The van der Waals surface area contributed by atoms with Crippen LogP contribution in [0.15, 0.2) is 23.4 Å². The molecule has 1 heterocycles. The molecule has 0 fully saturated rings. The van der Waals surface area contributed by atoms with E-state index in [-0.39, 0.29) is 12.5 Å². The third-order valence-corrected chi connectivity index (χ3v) is 4.33. The zero-order valence-electron chi connectivity index (χ0n) is 10.8. The van der Waals surface area contributed by atoms with E-state index in [4.69, 9.17) is 11.6 Å². The molecule has 0 spiro atoms. The lowest BCUT2D eigenvalue weighted by atomic mass is 10.0. The van der Waals surface area contributed by atoms with Gasteiger partial charge in [-0.05, 0) is 30.9 Å². The molecule has 0 bridgehead atoms. The van der Waals surface area contributed by atoms with Gasteiger partial charge in [-0.15, -0.1) is 11.6 Å². The summed E-state index contributed by atoms with van der Waals surface area (Å²) in [6.45, 7) is 2.27. The van der Waals surface area contributed by atoms with Crippen LogP contribution in [0.4, 0.5) is 4.39 Å². The molecule has 0 aliphatic carbocycles. The van der Waals surface area contributed by atoms with Gasteiger partial charge < -0.3 is 0 Å². The van der Waals surface area contributed by atoms with E-state index in [9.17, 15) is 12.8 Å². The monoisotopic (exact) mass is 308 g/mol. The first-order chi connectivity index (χ1) is 9.01. The van der Waals surface area contributed by atoms with Crippen LogP contribution in [0, 0.1) is 11.7 Å². The summed E-state index contributed by atoms with van der Waals surface area (Å²) in [5.74, 6) is -0.215. The van der Waals surface area contributed by atoms with Gasteiger partial charge in [0.15, 0.2) is 5.82 Å². The van der Waals surface area contributed by atoms with Crippen molar-refractivity contribution in [3.05, 3.63) is 24.1 Å². The van der Waals surface area contributed by atoms with Crippen molar-refractivity contribution in [2.75, 3.05) is 12.4 Å². The number of nitrogens with one attached hydrogen (secondary N) is 1. The number of sulfonamides is 1. The molecular weight excluding hydrogens is 291 g/mol. The molecule has 0 aromatic carbocycles. The van der Waals surface area contributed by atoms with Crippen molar-refractivity contribution in [1.29, 1.82) is 0 Å². The van der Waals surface area contributed by atoms with E-state index in [1.54, 1.807) is 0 Å². The van der Waals surface area contributed by atoms with Gasteiger partial charge in [-0.25, -0.2) is 22.5 Å². The molecule has 1 aromatic heterocycles. The van der Waals surface area contributed by atoms with Crippen LogP contribution in [0.2, 0.25) is 0 Å². The highest BCUT2D eigenvalue weighted by Crippen LogP contribution is 2.14. The second-order valence-electron chi connectivity index (χ2n) is 4.27. The standard InChI is InChI=1S/C12H18ClFN2O2S/c1-2-4-10(6-7-13)9-16-19(17,18)12-11(14)5-3-8-15-12/h3,5,8,10,16H,2,4,6-7,9H2,1H3. The molecule has 7 heteroatoms. The van der Waals surface area contributed by atoms with Crippen molar-refractivity contribution in [2.45, 2.75) is 31.2 Å². The van der Waals surface area contributed by atoms with Gasteiger partial charge >= 0.3 is 0 Å². The average molecular weight is 309 g/mol. The average Bonchev–Trinajstić information content (AvgIpc) is 2.37. The summed E-state index contributed by atoms with van der Waals surface area (Å²) in [6, 6.07) is 2.42. The summed E-state index contributed by atoms with van der Waals surface area (Å²) < 4.78 is 39.6. The maximum atomic E-state index is 13.4. The minimum absolute atomic E-state index is 0.157. The Kier molecular flexibility index (Phi) is 6.68. The third kappa shape index (κ3) is 5.04. The molecule has 1 rings (SSSR count). The van der Waals surface area contributed by atoms with Crippen LogP contribution in [0.5, 0.6) is 0 Å². The number of rotatable bonds is 8. The molecule has 0 aliphatic rings. The first-order valence-corrected chi connectivity index (χ1v) is 8.19. The molecular formula is C12H18ClFN2O2S. The SMILES string of the molecule is CCCC(CCCl)CNS(=O)(=O)c1ncccc1F. The lowest BCUT2D eigenvalue weighted by Gasteiger charge is -2.15. The number of alkyl halides is 1. The Labute approximate surface area is 118 Å². The van der Waals surface area contributed by atoms with Gasteiger partial charge in [0, 0.05) is 18.6 Å². The first kappa shape index (κ1) is 16.3. The zero-order chi connectivity index (χ0) is 14.3. The molecule has 0 radical (unpaired) electrons. The van der Waals surface area contributed by atoms with Crippen molar-refractivity contribution < 1.29 is 12.8 Å². The van der Waals surface area contributed by atoms with Gasteiger partial charge in [-0.2, -0.15) is 0 Å². The van der Waals surface area contributed by atoms with E-state index < -0.39 is 20.9 Å². The van der Waals surface area contributed by atoms with Crippen LogP contribution >= 0.6 is 11.6 Å². The zero-order valence-corrected chi connectivity index (χ0v) is 12.3. The van der Waals surface area contributed by atoms with Gasteiger partial charge in [0.1, 0.15) is 0 Å². The predicted octanol–water partition coefficient (Wildman–Crippen LogP) is 2.54. The van der Waals surface area contributed by atoms with Crippen molar-refractivity contribution >= 4 is 21.6 Å². The summed E-state index contributed by atoms with van der Waals surface area (Å²) in [6.07, 6.45) is 3.80. The first-order valence-electron chi connectivity index (χ1n) is 6.17. The van der Waals surface area contributed by atoms with Crippen molar-refractivity contribution in [3.63, 3.8) is 0 Å². The maximum Gasteiger partial charge on any atom is 0.261 e. The third-order valence-electron chi connectivity index (χ3n) is 2.76. The molecule has 19 heavy (non-hydrogen) atoms. The van der Waals surface area contributed by atoms with Gasteiger partial charge in [-0.3, -0.25) is 0 Å². The van der Waals surface area contributed by atoms with Gasteiger partial charge in [0.05, 0.1) is 0 Å². The van der Waals surface area contributed by atoms with E-state index in [0.717, 1.165) is 25.3 Å². The molecule has 108 valence electrons. The van der Waals surface area contributed by atoms with E-state index in [0.29, 0.717) is 5.88 Å². The fraction of sp³-hybridized carbons (Fsp3) is 0.583. The largest absolute Gasteiger partial charge is 0.261 e. The van der Waals surface area contributed by atoms with E-state index in [1.165, 1.54) is 12.3 Å². The van der Waals surface area contributed by atoms with Crippen LogP contribution < -0.4 is 4.72 Å². The van der Waals surface area contributed by atoms with Crippen LogP contribution in [0.1, 0.15) is 26.2 Å². The quantitative estimate of drug-likeness (QED) is 0.751. The van der Waals surface area contributed by atoms with Crippen molar-refractivity contribution in [3.8, 4) is 0 Å². The Morgan fingerprint density at radius 3 is 2.79 bits per heavy atom. The molecule has 1 unspecified atom stereocenters. The summed E-state index contributed by atoms with van der Waals surface area (Å²) >= 11 is 5.67. The Hall–Kier alpha value is -0.720. The number of nitrogens with zero attached hydrogens (tertiary/aromatic N) is 1. The maximum absolute atomic E-state index is 13.4. The highest BCUT2D eigenvalue weighted by atomic mass is 35.5. The number of hydrogen-bond donors (Lipinski definition) is 1. The molecule has 1 N–H and O–H groups in total. The highest BCUT2D eigenvalue weighted by molar-refractivity contribution is 7.89. The molecule has 1 atom stereocenters. The molecule has 0 aliphatic heterocycles. The summed E-state index contributed by atoms with van der Waals surface area (Å²) in [7, 11) is -3.90. The fourth-order valence-corrected chi connectivity index (χ4v) is 3.20. The van der Waals surface area contributed by atoms with Crippen LogP contribution in [-0.2, 0) is 10.0 Å². The Bertz CT molecular complexity index is 490. The van der Waals surface area contributed by atoms with Gasteiger partial charge in [-0.1, -0.05) is 13.3 Å². The van der Waals surface area contributed by atoms with Crippen LogP contribution in [-0.4, -0.2) is 25.8 Å². The smallest absolute Gasteiger partial charge is 0.241 e. The minimum atomic E-state index is -3.90. The molecule has 0 saturated carbocycles. The lowest BCUT2D eigenvalue weighted by Crippen LogP contribution is -2.31. The number of halogens is 2. The highest BCUT2D eigenvalue weighted by Gasteiger charge is 2.21. The van der Waals surface area contributed by atoms with E-state index in [2.05, 4.69) is 9.71 Å². The van der Waals surface area contributed by atoms with E-state index >= 15 is 0 Å². The van der Waals surface area contributed by atoms with Crippen molar-refractivity contribution in [2.24, 2.45) is 5.92 Å². The summed E-state index contributed by atoms with van der Waals surface area (Å²) in [4.78, 5) is 3.57. The second-order valence-corrected chi connectivity index (χ2v) is 6.33. The number of aromatic nitrogens is 1. The topological polar surface area (TPSA) is 59.1 Å². The van der Waals surface area contributed by atoms with Gasteiger partial charge in [0.25, 0.3) is 10.0 Å². The normalized spacial score (nSPS) is 13.4. The lowest BCUT2D eigenvalue weighted by molar-refractivity contribution is 0.455. The Morgan fingerprint density at radius 1 is 1.47 bits per heavy atom. The molecule has 0 saturated heterocycles. The Morgan fingerprint density at radius 2 is 2.21 bits per heavy atom. The van der Waals surface area contributed by atoms with Crippen LogP contribution in [0.25, 0.3) is 0 Å². The summed E-state index contributed by atoms with van der Waals surface area (Å²) in [5.41, 5.74) is 0. The van der Waals surface area contributed by atoms with Crippen LogP contribution in [0.3, 0.4) is 0 Å². The van der Waals surface area contributed by atoms with Crippen molar-refractivity contribution in [1.82, 2.24) is 9.71 Å². The number of hydrogen-bond acceptors (Lipinski definition) is 3.